The molecular formula is C15H14N4O2. The van der Waals surface area contributed by atoms with Crippen LogP contribution in [0.2, 0.25) is 0 Å². The number of imide groups is 1. The van der Waals surface area contributed by atoms with Crippen LogP contribution in [0.1, 0.15) is 12.1 Å². The van der Waals surface area contributed by atoms with Crippen LogP contribution in [0.5, 0.6) is 0 Å². The SMILES string of the molecule is O=C1CC(NCc2ccncn2)C(=O)N1c1ccccc1. The maximum absolute atomic E-state index is 12.3. The fraction of sp³-hybridized carbons (Fsp3) is 0.200. The predicted octanol–water partition coefficient (Wildman–Crippen LogP) is 0.898. The van der Waals surface area contributed by atoms with Crippen LogP contribution in [-0.4, -0.2) is 27.8 Å². The van der Waals surface area contributed by atoms with Gasteiger partial charge >= 0.3 is 0 Å². The summed E-state index contributed by atoms with van der Waals surface area (Å²) >= 11 is 0. The molecule has 6 nitrogen and oxygen atoms in total. The molecule has 6 heteroatoms. The topological polar surface area (TPSA) is 75.2 Å². The Labute approximate surface area is 121 Å². The van der Waals surface area contributed by atoms with Crippen molar-refractivity contribution in [2.24, 2.45) is 0 Å². The smallest absolute Gasteiger partial charge is 0.251 e. The number of nitrogens with one attached hydrogen (secondary N) is 1. The molecule has 3 rings (SSSR count). The fourth-order valence-corrected chi connectivity index (χ4v) is 2.29. The highest BCUT2D eigenvalue weighted by Crippen LogP contribution is 2.22. The van der Waals surface area contributed by atoms with E-state index in [1.54, 1.807) is 36.5 Å². The van der Waals surface area contributed by atoms with Gasteiger partial charge in [0.2, 0.25) is 5.91 Å². The molecule has 0 radical (unpaired) electrons. The fourth-order valence-electron chi connectivity index (χ4n) is 2.29. The largest absolute Gasteiger partial charge is 0.300 e. The van der Waals surface area contributed by atoms with Crippen LogP contribution in [0.4, 0.5) is 5.69 Å². The van der Waals surface area contributed by atoms with Crippen molar-refractivity contribution in [1.82, 2.24) is 15.3 Å². The molecule has 0 bridgehead atoms. The lowest BCUT2D eigenvalue weighted by Crippen LogP contribution is -2.38. The molecule has 1 saturated heterocycles. The summed E-state index contributed by atoms with van der Waals surface area (Å²) in [6, 6.07) is 10.2. The summed E-state index contributed by atoms with van der Waals surface area (Å²) in [5.41, 5.74) is 1.39. The summed E-state index contributed by atoms with van der Waals surface area (Å²) in [4.78, 5) is 33.5. The lowest BCUT2D eigenvalue weighted by Gasteiger charge is -2.15. The summed E-state index contributed by atoms with van der Waals surface area (Å²) < 4.78 is 0. The summed E-state index contributed by atoms with van der Waals surface area (Å²) in [5, 5.41) is 3.08. The van der Waals surface area contributed by atoms with Crippen molar-refractivity contribution in [2.75, 3.05) is 4.90 Å². The van der Waals surface area contributed by atoms with Gasteiger partial charge in [-0.2, -0.15) is 0 Å². The van der Waals surface area contributed by atoms with Gasteiger partial charge in [-0.05, 0) is 18.2 Å². The Bertz CT molecular complexity index is 645. The minimum atomic E-state index is -0.507. The van der Waals surface area contributed by atoms with E-state index in [9.17, 15) is 9.59 Å². The highest BCUT2D eigenvalue weighted by Gasteiger charge is 2.39. The third-order valence-electron chi connectivity index (χ3n) is 3.33. The number of benzene rings is 1. The van der Waals surface area contributed by atoms with Crippen LogP contribution < -0.4 is 10.2 Å². The van der Waals surface area contributed by atoms with Crippen molar-refractivity contribution in [3.05, 3.63) is 54.6 Å². The van der Waals surface area contributed by atoms with Gasteiger partial charge in [0.25, 0.3) is 5.91 Å². The number of hydrogen-bond acceptors (Lipinski definition) is 5. The van der Waals surface area contributed by atoms with Gasteiger partial charge in [0.15, 0.2) is 0 Å². The summed E-state index contributed by atoms with van der Waals surface area (Å²) in [6.07, 6.45) is 3.26. The van der Waals surface area contributed by atoms with Crippen molar-refractivity contribution >= 4 is 17.5 Å². The van der Waals surface area contributed by atoms with Gasteiger partial charge < -0.3 is 0 Å². The number of amides is 2. The van der Waals surface area contributed by atoms with Crippen molar-refractivity contribution in [1.29, 1.82) is 0 Å². The number of anilines is 1. The number of aromatic nitrogens is 2. The number of hydrogen-bond donors (Lipinski definition) is 1. The van der Waals surface area contributed by atoms with Gasteiger partial charge in [0, 0.05) is 12.7 Å². The first-order valence-corrected chi connectivity index (χ1v) is 6.66. The Morgan fingerprint density at radius 2 is 2.00 bits per heavy atom. The second-order valence-electron chi connectivity index (χ2n) is 4.74. The van der Waals surface area contributed by atoms with E-state index in [4.69, 9.17) is 0 Å². The zero-order chi connectivity index (χ0) is 14.7. The maximum atomic E-state index is 12.3. The van der Waals surface area contributed by atoms with Crippen LogP contribution in [0, 0.1) is 0 Å². The lowest BCUT2D eigenvalue weighted by atomic mass is 10.2. The Balaban J connectivity index is 1.69. The zero-order valence-electron chi connectivity index (χ0n) is 11.3. The number of rotatable bonds is 4. The van der Waals surface area contributed by atoms with Crippen LogP contribution in [0.3, 0.4) is 0 Å². The molecule has 106 valence electrons. The second-order valence-corrected chi connectivity index (χ2v) is 4.74. The van der Waals surface area contributed by atoms with Crippen molar-refractivity contribution in [3.8, 4) is 0 Å². The molecular weight excluding hydrogens is 268 g/mol. The Morgan fingerprint density at radius 3 is 2.71 bits per heavy atom. The van der Waals surface area contributed by atoms with Gasteiger partial charge in [0.1, 0.15) is 6.33 Å². The number of carbonyl (C=O) groups excluding carboxylic acids is 2. The molecule has 1 aliphatic heterocycles. The van der Waals surface area contributed by atoms with E-state index in [2.05, 4.69) is 15.3 Å². The van der Waals surface area contributed by atoms with E-state index in [-0.39, 0.29) is 18.2 Å². The van der Waals surface area contributed by atoms with Crippen LogP contribution in [0.15, 0.2) is 48.9 Å². The quantitative estimate of drug-likeness (QED) is 0.843. The highest BCUT2D eigenvalue weighted by atomic mass is 16.2. The van der Waals surface area contributed by atoms with Gasteiger partial charge in [-0.3, -0.25) is 14.9 Å². The summed E-state index contributed by atoms with van der Waals surface area (Å²) in [5.74, 6) is -0.411. The molecule has 0 spiro atoms. The molecule has 0 saturated carbocycles. The molecule has 2 amide bonds. The van der Waals surface area contributed by atoms with E-state index in [1.165, 1.54) is 11.2 Å². The summed E-state index contributed by atoms with van der Waals surface area (Å²) in [7, 11) is 0. The average molecular weight is 282 g/mol. The van der Waals surface area contributed by atoms with Crippen molar-refractivity contribution < 1.29 is 9.59 Å². The van der Waals surface area contributed by atoms with Crippen LogP contribution >= 0.6 is 0 Å². The first-order chi connectivity index (χ1) is 10.3. The van der Waals surface area contributed by atoms with Gasteiger partial charge in [-0.1, -0.05) is 18.2 Å². The average Bonchev–Trinajstić information content (AvgIpc) is 2.81. The first kappa shape index (κ1) is 13.4. The van der Waals surface area contributed by atoms with E-state index in [1.807, 2.05) is 6.07 Å². The summed E-state index contributed by atoms with van der Waals surface area (Å²) in [6.45, 7) is 0.425. The number of para-hydroxylation sites is 1. The first-order valence-electron chi connectivity index (χ1n) is 6.66. The maximum Gasteiger partial charge on any atom is 0.251 e. The van der Waals surface area contributed by atoms with Crippen molar-refractivity contribution in [2.45, 2.75) is 19.0 Å². The molecule has 1 atom stereocenters. The predicted molar refractivity (Wildman–Crippen MR) is 76.2 cm³/mol. The van der Waals surface area contributed by atoms with E-state index in [0.717, 1.165) is 5.69 Å². The Morgan fingerprint density at radius 1 is 1.19 bits per heavy atom. The zero-order valence-corrected chi connectivity index (χ0v) is 11.3. The third kappa shape index (κ3) is 2.80. The molecule has 1 aromatic carbocycles. The number of carbonyl (C=O) groups is 2. The molecule has 2 aromatic rings. The number of nitrogens with zero attached hydrogens (tertiary/aromatic N) is 3. The van der Waals surface area contributed by atoms with Crippen LogP contribution in [-0.2, 0) is 16.1 Å². The van der Waals surface area contributed by atoms with E-state index in [0.29, 0.717) is 12.2 Å². The second kappa shape index (κ2) is 5.80. The minimum absolute atomic E-state index is 0.165. The molecule has 1 fully saturated rings. The van der Waals surface area contributed by atoms with Gasteiger partial charge in [-0.25, -0.2) is 14.9 Å². The molecule has 1 aliphatic rings. The van der Waals surface area contributed by atoms with E-state index < -0.39 is 6.04 Å². The van der Waals surface area contributed by atoms with Gasteiger partial charge in [-0.15, -0.1) is 0 Å². The molecule has 21 heavy (non-hydrogen) atoms. The van der Waals surface area contributed by atoms with Gasteiger partial charge in [0.05, 0.1) is 23.8 Å². The highest BCUT2D eigenvalue weighted by molar-refractivity contribution is 6.22. The van der Waals surface area contributed by atoms with Crippen molar-refractivity contribution in [3.63, 3.8) is 0 Å². The third-order valence-corrected chi connectivity index (χ3v) is 3.33. The minimum Gasteiger partial charge on any atom is -0.300 e. The lowest BCUT2D eigenvalue weighted by molar-refractivity contribution is -0.121. The molecule has 1 unspecified atom stereocenters. The normalized spacial score (nSPS) is 18.3. The molecule has 1 aromatic heterocycles. The van der Waals surface area contributed by atoms with E-state index >= 15 is 0 Å². The molecule has 2 heterocycles. The Kier molecular flexibility index (Phi) is 3.70. The Hall–Kier alpha value is -2.60. The monoisotopic (exact) mass is 282 g/mol. The molecule has 0 aliphatic carbocycles. The standard InChI is InChI=1S/C15H14N4O2/c20-14-8-13(17-9-11-6-7-16-10-18-11)15(21)19(14)12-4-2-1-3-5-12/h1-7,10,13,17H,8-9H2. The molecule has 1 N–H and O–H groups in total. The van der Waals surface area contributed by atoms with Crippen LogP contribution in [0.25, 0.3) is 0 Å².